The molecule has 0 aromatic carbocycles. The van der Waals surface area contributed by atoms with E-state index in [1.165, 1.54) is 12.8 Å². The van der Waals surface area contributed by atoms with E-state index >= 15 is 0 Å². The Morgan fingerprint density at radius 3 is 2.76 bits per heavy atom. The minimum atomic E-state index is -0.843. The summed E-state index contributed by atoms with van der Waals surface area (Å²) in [4.78, 5) is 2.41. The molecule has 1 saturated heterocycles. The molecule has 1 aliphatic heterocycles. The summed E-state index contributed by atoms with van der Waals surface area (Å²) in [6.45, 7) is 2.86. The molecule has 5 heteroatoms. The van der Waals surface area contributed by atoms with E-state index in [0.29, 0.717) is 23.7 Å². The molecular weight excluding hydrogens is 238 g/mol. The monoisotopic (exact) mass is 255 g/mol. The maximum Gasteiger partial charge on any atom is 0.122 e. The summed E-state index contributed by atoms with van der Waals surface area (Å²) in [7, 11) is 1.84. The number of aliphatic hydroxyl groups is 1. The van der Waals surface area contributed by atoms with Crippen molar-refractivity contribution < 1.29 is 5.11 Å². The molecule has 2 heterocycles. The summed E-state index contributed by atoms with van der Waals surface area (Å²) in [5.41, 5.74) is -0.0844. The Balaban J connectivity index is 1.92. The zero-order chi connectivity index (χ0) is 12.2. The average molecular weight is 256 g/mol. The summed E-state index contributed by atoms with van der Waals surface area (Å²) in [6.07, 6.45) is 4.88. The predicted molar refractivity (Wildman–Crippen MR) is 65.9 cm³/mol. The molecule has 1 saturated carbocycles. The van der Waals surface area contributed by atoms with Crippen molar-refractivity contribution in [3.63, 3.8) is 0 Å². The van der Waals surface area contributed by atoms with Crippen molar-refractivity contribution >= 4 is 11.6 Å². The van der Waals surface area contributed by atoms with Crippen LogP contribution in [-0.2, 0) is 12.6 Å². The van der Waals surface area contributed by atoms with Crippen molar-refractivity contribution in [2.24, 2.45) is 7.05 Å². The molecule has 94 valence electrons. The summed E-state index contributed by atoms with van der Waals surface area (Å²) >= 11 is 6.14. The quantitative estimate of drug-likeness (QED) is 0.871. The molecule has 2 aliphatic rings. The van der Waals surface area contributed by atoms with Crippen LogP contribution in [0.1, 0.15) is 31.9 Å². The van der Waals surface area contributed by atoms with Gasteiger partial charge < -0.3 is 5.11 Å². The highest BCUT2D eigenvalue weighted by atomic mass is 35.5. The molecule has 17 heavy (non-hydrogen) atoms. The van der Waals surface area contributed by atoms with Gasteiger partial charge in [0.05, 0.1) is 16.9 Å². The highest BCUT2D eigenvalue weighted by molar-refractivity contribution is 6.31. The Morgan fingerprint density at radius 2 is 2.24 bits per heavy atom. The molecule has 1 aliphatic carbocycles. The molecule has 2 unspecified atom stereocenters. The number of aryl methyl sites for hydroxylation is 1. The van der Waals surface area contributed by atoms with Crippen molar-refractivity contribution in [2.45, 2.75) is 43.9 Å². The number of nitrogens with zero attached hydrogens (tertiary/aromatic N) is 3. The van der Waals surface area contributed by atoms with E-state index in [0.717, 1.165) is 12.1 Å². The summed E-state index contributed by atoms with van der Waals surface area (Å²) < 4.78 is 1.70. The molecule has 2 atom stereocenters. The third kappa shape index (κ3) is 1.79. The van der Waals surface area contributed by atoms with Gasteiger partial charge in [0.15, 0.2) is 0 Å². The van der Waals surface area contributed by atoms with Crippen LogP contribution >= 0.6 is 11.6 Å². The zero-order valence-electron chi connectivity index (χ0n) is 10.2. The van der Waals surface area contributed by atoms with Gasteiger partial charge in [0.2, 0.25) is 0 Å². The van der Waals surface area contributed by atoms with E-state index in [-0.39, 0.29) is 0 Å². The number of aromatic nitrogens is 2. The maximum absolute atomic E-state index is 10.8. The second kappa shape index (κ2) is 3.70. The molecule has 4 nitrogen and oxygen atoms in total. The molecule has 0 spiro atoms. The summed E-state index contributed by atoms with van der Waals surface area (Å²) in [6, 6.07) is 1.09. The second-order valence-corrected chi connectivity index (χ2v) is 5.86. The van der Waals surface area contributed by atoms with Gasteiger partial charge in [0.1, 0.15) is 5.60 Å². The van der Waals surface area contributed by atoms with E-state index in [2.05, 4.69) is 16.9 Å². The lowest BCUT2D eigenvalue weighted by atomic mass is 9.96. The molecule has 1 N–H and O–H groups in total. The minimum absolute atomic E-state index is 0.415. The molecule has 2 fully saturated rings. The predicted octanol–water partition coefficient (Wildman–Crippen LogP) is 1.52. The van der Waals surface area contributed by atoms with Gasteiger partial charge in [-0.15, -0.1) is 0 Å². The van der Waals surface area contributed by atoms with Gasteiger partial charge in [-0.3, -0.25) is 9.58 Å². The van der Waals surface area contributed by atoms with Gasteiger partial charge in [0.25, 0.3) is 0 Å². The van der Waals surface area contributed by atoms with Crippen LogP contribution in [0, 0.1) is 0 Å². The average Bonchev–Trinajstić information content (AvgIpc) is 2.96. The summed E-state index contributed by atoms with van der Waals surface area (Å²) in [5.74, 6) is 0. The lowest BCUT2D eigenvalue weighted by Crippen LogP contribution is -2.34. The summed E-state index contributed by atoms with van der Waals surface area (Å²) in [5, 5.41) is 15.5. The van der Waals surface area contributed by atoms with Crippen molar-refractivity contribution in [2.75, 3.05) is 6.54 Å². The smallest absolute Gasteiger partial charge is 0.122 e. The van der Waals surface area contributed by atoms with Crippen LogP contribution in [-0.4, -0.2) is 38.4 Å². The van der Waals surface area contributed by atoms with E-state index in [9.17, 15) is 5.11 Å². The molecule has 0 bridgehead atoms. The van der Waals surface area contributed by atoms with Gasteiger partial charge >= 0.3 is 0 Å². The third-order valence-corrected chi connectivity index (χ3v) is 4.27. The van der Waals surface area contributed by atoms with E-state index in [4.69, 9.17) is 11.6 Å². The Labute approximate surface area is 106 Å². The Morgan fingerprint density at radius 1 is 1.53 bits per heavy atom. The lowest BCUT2D eigenvalue weighted by molar-refractivity contribution is 0.0371. The fourth-order valence-electron chi connectivity index (χ4n) is 3.13. The first-order valence-corrected chi connectivity index (χ1v) is 6.55. The minimum Gasteiger partial charge on any atom is -0.382 e. The topological polar surface area (TPSA) is 41.3 Å². The highest BCUT2D eigenvalue weighted by Gasteiger charge is 2.49. The zero-order valence-corrected chi connectivity index (χ0v) is 11.0. The Hall–Kier alpha value is -0.580. The first kappa shape index (κ1) is 11.5. The fourth-order valence-corrected chi connectivity index (χ4v) is 3.47. The Kier molecular flexibility index (Phi) is 2.51. The molecule has 0 radical (unpaired) electrons. The van der Waals surface area contributed by atoms with E-state index in [1.807, 2.05) is 7.05 Å². The number of hydrogen-bond donors (Lipinski definition) is 1. The van der Waals surface area contributed by atoms with Gasteiger partial charge in [0, 0.05) is 25.7 Å². The molecule has 3 rings (SSSR count). The lowest BCUT2D eigenvalue weighted by Gasteiger charge is -2.24. The normalized spacial score (nSPS) is 34.5. The molecule has 1 aromatic rings. The van der Waals surface area contributed by atoms with Crippen molar-refractivity contribution in [1.82, 2.24) is 14.7 Å². The maximum atomic E-state index is 10.8. The van der Waals surface area contributed by atoms with Crippen LogP contribution in [0.2, 0.25) is 5.02 Å². The fraction of sp³-hybridized carbons (Fsp3) is 0.750. The first-order chi connectivity index (χ1) is 8.01. The van der Waals surface area contributed by atoms with Crippen molar-refractivity contribution in [3.8, 4) is 0 Å². The number of hydrogen-bond acceptors (Lipinski definition) is 3. The van der Waals surface area contributed by atoms with Gasteiger partial charge in [-0.2, -0.15) is 5.10 Å². The highest BCUT2D eigenvalue weighted by Crippen LogP contribution is 2.43. The van der Waals surface area contributed by atoms with Crippen LogP contribution in [0.4, 0.5) is 0 Å². The van der Waals surface area contributed by atoms with E-state index < -0.39 is 5.60 Å². The number of halogens is 1. The standard InChI is InChI=1S/C12H18ClN3O/c1-8-5-12(17,7-16(8)9-3-4-9)11-10(13)6-14-15(11)2/h6,8-9,17H,3-5,7H2,1-2H3. The van der Waals surface area contributed by atoms with Gasteiger partial charge in [-0.1, -0.05) is 11.6 Å². The molecular formula is C12H18ClN3O. The Bertz CT molecular complexity index is 423. The first-order valence-electron chi connectivity index (χ1n) is 6.17. The van der Waals surface area contributed by atoms with Gasteiger partial charge in [-0.05, 0) is 26.2 Å². The number of likely N-dealkylation sites (tertiary alicyclic amines) is 1. The number of β-amino-alcohol motifs (C(OH)–C–C–N with tert-alkyl or cyclic N) is 1. The van der Waals surface area contributed by atoms with Gasteiger partial charge in [-0.25, -0.2) is 0 Å². The second-order valence-electron chi connectivity index (χ2n) is 5.45. The van der Waals surface area contributed by atoms with E-state index in [1.54, 1.807) is 10.9 Å². The van der Waals surface area contributed by atoms with Crippen LogP contribution in [0.5, 0.6) is 0 Å². The third-order valence-electron chi connectivity index (χ3n) is 3.99. The largest absolute Gasteiger partial charge is 0.382 e. The molecule has 1 aromatic heterocycles. The number of rotatable bonds is 2. The SMILES string of the molecule is CC1CC(O)(c2c(Cl)cnn2C)CN1C1CC1. The van der Waals surface area contributed by atoms with Crippen LogP contribution < -0.4 is 0 Å². The van der Waals surface area contributed by atoms with Crippen LogP contribution in [0.3, 0.4) is 0 Å². The van der Waals surface area contributed by atoms with Crippen molar-refractivity contribution in [3.05, 3.63) is 16.9 Å². The van der Waals surface area contributed by atoms with Crippen molar-refractivity contribution in [1.29, 1.82) is 0 Å². The van der Waals surface area contributed by atoms with Crippen LogP contribution in [0.15, 0.2) is 6.20 Å². The molecule has 0 amide bonds. The van der Waals surface area contributed by atoms with Crippen LogP contribution in [0.25, 0.3) is 0 Å².